The average molecular weight is 345 g/mol. The summed E-state index contributed by atoms with van der Waals surface area (Å²) in [7, 11) is 0. The van der Waals surface area contributed by atoms with Crippen LogP contribution in [0.25, 0.3) is 0 Å². The molecule has 2 saturated heterocycles. The van der Waals surface area contributed by atoms with Gasteiger partial charge in [0.1, 0.15) is 5.60 Å². The molecule has 2 aliphatic rings. The van der Waals surface area contributed by atoms with Gasteiger partial charge in [-0.3, -0.25) is 14.5 Å². The molecular formula is C19H27N3O3. The van der Waals surface area contributed by atoms with Crippen LogP contribution in [0.2, 0.25) is 0 Å². The van der Waals surface area contributed by atoms with Crippen LogP contribution >= 0.6 is 0 Å². The second kappa shape index (κ2) is 7.54. The monoisotopic (exact) mass is 345 g/mol. The quantitative estimate of drug-likeness (QED) is 0.848. The molecule has 1 atom stereocenters. The number of nitrogens with two attached hydrogens (primary N) is 1. The van der Waals surface area contributed by atoms with Gasteiger partial charge in [0.2, 0.25) is 11.8 Å². The highest BCUT2D eigenvalue weighted by Gasteiger charge is 2.41. The minimum atomic E-state index is -1.47. The minimum absolute atomic E-state index is 0.113. The second-order valence-corrected chi connectivity index (χ2v) is 7.19. The summed E-state index contributed by atoms with van der Waals surface area (Å²) < 4.78 is 0. The Morgan fingerprint density at radius 3 is 2.44 bits per heavy atom. The van der Waals surface area contributed by atoms with Crippen molar-refractivity contribution in [1.29, 1.82) is 0 Å². The predicted octanol–water partition coefficient (Wildman–Crippen LogP) is 0.880. The zero-order chi connectivity index (χ0) is 17.9. The first-order valence-corrected chi connectivity index (χ1v) is 9.09. The number of hydrogen-bond donors (Lipinski definition) is 2. The highest BCUT2D eigenvalue weighted by Crippen LogP contribution is 2.26. The number of piperidine rings is 2. The van der Waals surface area contributed by atoms with Crippen LogP contribution in [-0.4, -0.2) is 58.0 Å². The van der Waals surface area contributed by atoms with Gasteiger partial charge in [-0.1, -0.05) is 36.8 Å². The number of likely N-dealkylation sites (tertiary alicyclic amines) is 2. The van der Waals surface area contributed by atoms with Gasteiger partial charge in [-0.15, -0.1) is 0 Å². The highest BCUT2D eigenvalue weighted by atomic mass is 16.3. The summed E-state index contributed by atoms with van der Waals surface area (Å²) in [6.45, 7) is 2.46. The topological polar surface area (TPSA) is 86.9 Å². The summed E-state index contributed by atoms with van der Waals surface area (Å²) in [5.41, 5.74) is 5.02. The summed E-state index contributed by atoms with van der Waals surface area (Å²) in [6, 6.07) is 10.1. The van der Waals surface area contributed by atoms with Gasteiger partial charge in [0.05, 0.1) is 6.04 Å². The number of carbonyl (C=O) groups excluding carboxylic acids is 2. The van der Waals surface area contributed by atoms with Gasteiger partial charge >= 0.3 is 0 Å². The molecule has 1 aromatic carbocycles. The van der Waals surface area contributed by atoms with Gasteiger partial charge in [0, 0.05) is 32.5 Å². The number of nitrogens with zero attached hydrogens (tertiary/aromatic N) is 2. The maximum atomic E-state index is 13.0. The molecule has 0 aromatic heterocycles. The fourth-order valence-electron chi connectivity index (χ4n) is 3.83. The molecule has 6 heteroatoms. The summed E-state index contributed by atoms with van der Waals surface area (Å²) in [6.07, 6.45) is 3.47. The van der Waals surface area contributed by atoms with Gasteiger partial charge in [0.25, 0.3) is 0 Å². The first kappa shape index (κ1) is 17.9. The lowest BCUT2D eigenvalue weighted by atomic mass is 9.90. The fourth-order valence-corrected chi connectivity index (χ4v) is 3.83. The highest BCUT2D eigenvalue weighted by molar-refractivity contribution is 5.85. The number of rotatable bonds is 4. The largest absolute Gasteiger partial charge is 0.380 e. The fraction of sp³-hybridized carbons (Fsp3) is 0.579. The van der Waals surface area contributed by atoms with Crippen molar-refractivity contribution in [3.05, 3.63) is 35.9 Å². The van der Waals surface area contributed by atoms with Crippen LogP contribution in [0.15, 0.2) is 30.3 Å². The molecule has 2 amide bonds. The third kappa shape index (κ3) is 4.02. The molecule has 136 valence electrons. The van der Waals surface area contributed by atoms with E-state index in [1.54, 1.807) is 4.90 Å². The Kier molecular flexibility index (Phi) is 5.39. The molecule has 2 fully saturated rings. The predicted molar refractivity (Wildman–Crippen MR) is 94.4 cm³/mol. The molecule has 2 heterocycles. The minimum Gasteiger partial charge on any atom is -0.380 e. The standard InChI is InChI=1S/C19H27N3O3/c20-18(24)19(25)9-12-21(13-10-19)17(23)16-8-4-5-11-22(16)14-15-6-2-1-3-7-15/h1-3,6-7,16,25H,4-5,8-14H2,(H2,20,24). The molecule has 0 spiro atoms. The van der Waals surface area contributed by atoms with Crippen molar-refractivity contribution in [1.82, 2.24) is 9.80 Å². The molecule has 0 saturated carbocycles. The van der Waals surface area contributed by atoms with E-state index >= 15 is 0 Å². The normalized spacial score (nSPS) is 24.0. The number of hydrogen-bond acceptors (Lipinski definition) is 4. The summed E-state index contributed by atoms with van der Waals surface area (Å²) in [5, 5.41) is 10.2. The van der Waals surface area contributed by atoms with E-state index < -0.39 is 11.5 Å². The van der Waals surface area contributed by atoms with Gasteiger partial charge in [-0.25, -0.2) is 0 Å². The van der Waals surface area contributed by atoms with Crippen molar-refractivity contribution < 1.29 is 14.7 Å². The lowest BCUT2D eigenvalue weighted by Crippen LogP contribution is -2.57. The smallest absolute Gasteiger partial charge is 0.249 e. The molecule has 6 nitrogen and oxygen atoms in total. The Balaban J connectivity index is 1.64. The molecule has 0 aliphatic carbocycles. The van der Waals surface area contributed by atoms with Crippen molar-refractivity contribution in [2.24, 2.45) is 5.73 Å². The number of benzene rings is 1. The van der Waals surface area contributed by atoms with Crippen LogP contribution in [0, 0.1) is 0 Å². The number of carbonyl (C=O) groups is 2. The van der Waals surface area contributed by atoms with Crippen molar-refractivity contribution in [2.45, 2.75) is 50.3 Å². The van der Waals surface area contributed by atoms with Crippen LogP contribution in [0.3, 0.4) is 0 Å². The van der Waals surface area contributed by atoms with Gasteiger partial charge in [0.15, 0.2) is 0 Å². The van der Waals surface area contributed by atoms with Crippen LogP contribution in [0.4, 0.5) is 0 Å². The Hall–Kier alpha value is -1.92. The van der Waals surface area contributed by atoms with Crippen LogP contribution in [0.1, 0.15) is 37.7 Å². The van der Waals surface area contributed by atoms with E-state index in [9.17, 15) is 14.7 Å². The Morgan fingerprint density at radius 1 is 1.12 bits per heavy atom. The van der Waals surface area contributed by atoms with Gasteiger partial charge < -0.3 is 15.7 Å². The van der Waals surface area contributed by atoms with E-state index in [0.29, 0.717) is 13.1 Å². The van der Waals surface area contributed by atoms with Gasteiger partial charge in [-0.2, -0.15) is 0 Å². The SMILES string of the molecule is NC(=O)C1(O)CCN(C(=O)C2CCCCN2Cc2ccccc2)CC1. The molecule has 0 bridgehead atoms. The molecule has 1 unspecified atom stereocenters. The second-order valence-electron chi connectivity index (χ2n) is 7.19. The van der Waals surface area contributed by atoms with E-state index in [-0.39, 0.29) is 24.8 Å². The molecule has 3 rings (SSSR count). The molecule has 2 aliphatic heterocycles. The van der Waals surface area contributed by atoms with Crippen LogP contribution in [0.5, 0.6) is 0 Å². The van der Waals surface area contributed by atoms with E-state index in [2.05, 4.69) is 17.0 Å². The Morgan fingerprint density at radius 2 is 1.80 bits per heavy atom. The number of amides is 2. The zero-order valence-corrected chi connectivity index (χ0v) is 14.6. The molecule has 3 N–H and O–H groups in total. The Bertz CT molecular complexity index is 612. The zero-order valence-electron chi connectivity index (χ0n) is 14.6. The van der Waals surface area contributed by atoms with E-state index in [0.717, 1.165) is 32.4 Å². The first-order valence-electron chi connectivity index (χ1n) is 9.09. The summed E-state index contributed by atoms with van der Waals surface area (Å²) >= 11 is 0. The molecular weight excluding hydrogens is 318 g/mol. The maximum absolute atomic E-state index is 13.0. The Labute approximate surface area is 148 Å². The summed E-state index contributed by atoms with van der Waals surface area (Å²) in [5.74, 6) is -0.579. The average Bonchev–Trinajstić information content (AvgIpc) is 2.63. The third-order valence-electron chi connectivity index (χ3n) is 5.49. The lowest BCUT2D eigenvalue weighted by molar-refractivity contribution is -0.150. The number of aliphatic hydroxyl groups is 1. The van der Waals surface area contributed by atoms with Crippen LogP contribution in [-0.2, 0) is 16.1 Å². The van der Waals surface area contributed by atoms with E-state index in [1.165, 1.54) is 5.56 Å². The summed E-state index contributed by atoms with van der Waals surface area (Å²) in [4.78, 5) is 28.4. The van der Waals surface area contributed by atoms with E-state index in [4.69, 9.17) is 5.73 Å². The van der Waals surface area contributed by atoms with Crippen molar-refractivity contribution >= 4 is 11.8 Å². The molecule has 1 aromatic rings. The van der Waals surface area contributed by atoms with Crippen LogP contribution < -0.4 is 5.73 Å². The number of primary amides is 1. The maximum Gasteiger partial charge on any atom is 0.249 e. The third-order valence-corrected chi connectivity index (χ3v) is 5.49. The van der Waals surface area contributed by atoms with Crippen molar-refractivity contribution in [2.75, 3.05) is 19.6 Å². The van der Waals surface area contributed by atoms with Crippen molar-refractivity contribution in [3.63, 3.8) is 0 Å². The molecule has 25 heavy (non-hydrogen) atoms. The lowest BCUT2D eigenvalue weighted by Gasteiger charge is -2.41. The molecule has 0 radical (unpaired) electrons. The van der Waals surface area contributed by atoms with E-state index in [1.807, 2.05) is 18.2 Å². The van der Waals surface area contributed by atoms with Crippen molar-refractivity contribution in [3.8, 4) is 0 Å². The first-order chi connectivity index (χ1) is 12.0. The van der Waals surface area contributed by atoms with Gasteiger partial charge in [-0.05, 0) is 24.9 Å².